The number of hydrogen-bond acceptors (Lipinski definition) is 7. The van der Waals surface area contributed by atoms with Crippen molar-refractivity contribution in [3.63, 3.8) is 0 Å². The van der Waals surface area contributed by atoms with Gasteiger partial charge in [-0.3, -0.25) is 14.9 Å². The lowest BCUT2D eigenvalue weighted by Gasteiger charge is -2.34. The van der Waals surface area contributed by atoms with E-state index in [9.17, 15) is 32.9 Å². The molecule has 4 rings (SSSR count). The van der Waals surface area contributed by atoms with Gasteiger partial charge in [-0.1, -0.05) is 18.2 Å². The number of methoxy groups -OCH3 is 1. The molecular formula is C26H23F3N2O6. The van der Waals surface area contributed by atoms with Gasteiger partial charge < -0.3 is 14.8 Å². The highest BCUT2D eigenvalue weighted by Gasteiger charge is 2.39. The fraction of sp³-hybridized carbons (Fsp3) is 0.308. The van der Waals surface area contributed by atoms with Crippen LogP contribution in [-0.4, -0.2) is 23.8 Å². The van der Waals surface area contributed by atoms with Gasteiger partial charge in [-0.05, 0) is 49.1 Å². The van der Waals surface area contributed by atoms with Crippen molar-refractivity contribution < 1.29 is 37.2 Å². The zero-order chi connectivity index (χ0) is 26.9. The number of nitrogens with zero attached hydrogens (tertiary/aromatic N) is 1. The summed E-state index contributed by atoms with van der Waals surface area (Å²) >= 11 is 0. The Balaban J connectivity index is 1.72. The average Bonchev–Trinajstić information content (AvgIpc) is 2.86. The van der Waals surface area contributed by atoms with E-state index in [0.717, 1.165) is 12.1 Å². The smallest absolute Gasteiger partial charge is 0.416 e. The first-order valence-electron chi connectivity index (χ1n) is 11.4. The maximum absolute atomic E-state index is 13.0. The van der Waals surface area contributed by atoms with E-state index in [1.54, 1.807) is 6.92 Å². The van der Waals surface area contributed by atoms with Crippen LogP contribution in [0.15, 0.2) is 65.0 Å². The van der Waals surface area contributed by atoms with Gasteiger partial charge >= 0.3 is 17.8 Å². The molecule has 0 aromatic heterocycles. The molecule has 0 amide bonds. The summed E-state index contributed by atoms with van der Waals surface area (Å²) in [5.41, 5.74) is 0.880. The molecule has 1 heterocycles. The fourth-order valence-corrected chi connectivity index (χ4v) is 4.67. The number of esters is 1. The van der Waals surface area contributed by atoms with Crippen molar-refractivity contribution in [3.05, 3.63) is 91.8 Å². The van der Waals surface area contributed by atoms with Crippen molar-refractivity contribution in [2.75, 3.05) is 7.11 Å². The van der Waals surface area contributed by atoms with Gasteiger partial charge in [0.05, 0.1) is 23.2 Å². The topological polar surface area (TPSA) is 108 Å². The number of halogens is 3. The Hall–Kier alpha value is -4.15. The van der Waals surface area contributed by atoms with E-state index in [2.05, 4.69) is 5.32 Å². The Labute approximate surface area is 209 Å². The minimum atomic E-state index is -4.54. The summed E-state index contributed by atoms with van der Waals surface area (Å²) in [6.07, 6.45) is -3.03. The predicted molar refractivity (Wildman–Crippen MR) is 125 cm³/mol. The molecule has 2 aromatic carbocycles. The lowest BCUT2D eigenvalue weighted by atomic mass is 9.75. The number of alkyl halides is 3. The van der Waals surface area contributed by atoms with Crippen LogP contribution in [0, 0.1) is 10.1 Å². The van der Waals surface area contributed by atoms with Crippen molar-refractivity contribution in [1.82, 2.24) is 5.32 Å². The molecule has 0 unspecified atom stereocenters. The minimum Gasteiger partial charge on any atom is -0.482 e. The van der Waals surface area contributed by atoms with Crippen molar-refractivity contribution in [3.8, 4) is 5.75 Å². The van der Waals surface area contributed by atoms with Crippen LogP contribution in [0.25, 0.3) is 0 Å². The molecule has 1 aliphatic carbocycles. The average molecular weight is 516 g/mol. The zero-order valence-electron chi connectivity index (χ0n) is 20.0. The molecular weight excluding hydrogens is 493 g/mol. The lowest BCUT2D eigenvalue weighted by Crippen LogP contribution is -2.34. The van der Waals surface area contributed by atoms with Gasteiger partial charge in [-0.25, -0.2) is 4.79 Å². The molecule has 0 spiro atoms. The van der Waals surface area contributed by atoms with Crippen LogP contribution in [0.1, 0.15) is 48.8 Å². The number of dihydropyridines is 1. The van der Waals surface area contributed by atoms with Crippen molar-refractivity contribution in [1.29, 1.82) is 0 Å². The Morgan fingerprint density at radius 2 is 1.95 bits per heavy atom. The summed E-state index contributed by atoms with van der Waals surface area (Å²) < 4.78 is 49.5. The highest BCUT2D eigenvalue weighted by atomic mass is 19.4. The van der Waals surface area contributed by atoms with E-state index in [0.29, 0.717) is 35.4 Å². The van der Waals surface area contributed by atoms with Crippen LogP contribution in [0.4, 0.5) is 18.9 Å². The predicted octanol–water partition coefficient (Wildman–Crippen LogP) is 5.33. The first kappa shape index (κ1) is 25.9. The van der Waals surface area contributed by atoms with E-state index < -0.39 is 34.2 Å². The summed E-state index contributed by atoms with van der Waals surface area (Å²) in [4.78, 5) is 36.8. The number of nitro groups is 1. The number of nitro benzene ring substituents is 1. The largest absolute Gasteiger partial charge is 0.482 e. The van der Waals surface area contributed by atoms with Crippen molar-refractivity contribution in [2.24, 2.45) is 0 Å². The first-order valence-corrected chi connectivity index (χ1v) is 11.4. The van der Waals surface area contributed by atoms with Crippen LogP contribution in [0.3, 0.4) is 0 Å². The van der Waals surface area contributed by atoms with Gasteiger partial charge in [0.15, 0.2) is 11.5 Å². The molecule has 0 radical (unpaired) electrons. The summed E-state index contributed by atoms with van der Waals surface area (Å²) in [6.45, 7) is 1.33. The van der Waals surface area contributed by atoms with Crippen molar-refractivity contribution >= 4 is 17.4 Å². The molecule has 0 fully saturated rings. The number of ether oxygens (including phenoxy) is 2. The Morgan fingerprint density at radius 1 is 1.19 bits per heavy atom. The highest BCUT2D eigenvalue weighted by molar-refractivity contribution is 6.03. The van der Waals surface area contributed by atoms with Gasteiger partial charge in [0.2, 0.25) is 0 Å². The number of carbonyl (C=O) groups excluding carboxylic acids is 2. The second-order valence-electron chi connectivity index (χ2n) is 8.73. The van der Waals surface area contributed by atoms with E-state index in [4.69, 9.17) is 9.47 Å². The molecule has 2 aliphatic rings. The second-order valence-corrected chi connectivity index (χ2v) is 8.73. The number of nitrogens with one attached hydrogen (secondary N) is 1. The number of carbonyl (C=O) groups is 2. The van der Waals surface area contributed by atoms with E-state index in [1.165, 1.54) is 37.4 Å². The molecule has 8 nitrogen and oxygen atoms in total. The van der Waals surface area contributed by atoms with Gasteiger partial charge in [0.25, 0.3) is 0 Å². The summed E-state index contributed by atoms with van der Waals surface area (Å²) in [6, 6.07) is 8.53. The van der Waals surface area contributed by atoms with Gasteiger partial charge in [-0.2, -0.15) is 13.2 Å². The minimum absolute atomic E-state index is 0.162. The number of ketones is 1. The Bertz CT molecular complexity index is 1350. The number of hydrogen-bond donors (Lipinski definition) is 1. The molecule has 0 saturated carbocycles. The van der Waals surface area contributed by atoms with Gasteiger partial charge in [-0.15, -0.1) is 0 Å². The molecule has 0 bridgehead atoms. The Kier molecular flexibility index (Phi) is 7.06. The van der Waals surface area contributed by atoms with E-state index >= 15 is 0 Å². The van der Waals surface area contributed by atoms with Crippen molar-refractivity contribution in [2.45, 2.75) is 44.9 Å². The van der Waals surface area contributed by atoms with Crippen LogP contribution in [0.2, 0.25) is 0 Å². The maximum atomic E-state index is 13.0. The normalized spacial score (nSPS) is 17.8. The maximum Gasteiger partial charge on any atom is 0.416 e. The van der Waals surface area contributed by atoms with E-state index in [1.807, 2.05) is 0 Å². The zero-order valence-corrected chi connectivity index (χ0v) is 20.0. The lowest BCUT2D eigenvalue weighted by molar-refractivity contribution is -0.386. The Morgan fingerprint density at radius 3 is 2.62 bits per heavy atom. The second kappa shape index (κ2) is 10.1. The molecule has 37 heavy (non-hydrogen) atoms. The number of rotatable bonds is 6. The third kappa shape index (κ3) is 5.20. The van der Waals surface area contributed by atoms with Gasteiger partial charge in [0.1, 0.15) is 6.61 Å². The quantitative estimate of drug-likeness (QED) is 0.314. The van der Waals surface area contributed by atoms with Gasteiger partial charge in [0, 0.05) is 35.4 Å². The van der Waals surface area contributed by atoms with Crippen LogP contribution in [-0.2, 0) is 27.1 Å². The molecule has 2 aromatic rings. The summed E-state index contributed by atoms with van der Waals surface area (Å²) in [5, 5.41) is 15.0. The standard InChI is InChI=1S/C26H23F3N2O6/c1-14-22(25(33)36-2)23(24-18(30-14)7-4-8-20(24)32)16-9-10-21(19(12-16)31(34)35)37-13-15-5-3-6-17(11-15)26(27,28)29/h3,5-6,9-12,23,30H,4,7-8,13H2,1-2H3/t23-/m0/s1. The summed E-state index contributed by atoms with van der Waals surface area (Å²) in [7, 11) is 1.21. The first-order chi connectivity index (χ1) is 17.5. The third-order valence-corrected chi connectivity index (χ3v) is 6.34. The van der Waals surface area contributed by atoms with E-state index in [-0.39, 0.29) is 35.7 Å². The monoisotopic (exact) mass is 516 g/mol. The third-order valence-electron chi connectivity index (χ3n) is 6.34. The number of allylic oxidation sites excluding steroid dienone is 3. The SMILES string of the molecule is COC(=O)C1=C(C)NC2=C(C(=O)CCC2)[C@H]1c1ccc(OCc2cccc(C(F)(F)F)c2)c([N+](=O)[O-])c1. The molecule has 1 N–H and O–H groups in total. The number of Topliss-reactive ketones (excluding diaryl/α,β-unsaturated/α-hetero) is 1. The molecule has 1 atom stereocenters. The fourth-order valence-electron chi connectivity index (χ4n) is 4.67. The number of benzene rings is 2. The highest BCUT2D eigenvalue weighted by Crippen LogP contribution is 2.44. The summed E-state index contributed by atoms with van der Waals surface area (Å²) in [5.74, 6) is -1.88. The molecule has 11 heteroatoms. The molecule has 0 saturated heterocycles. The molecule has 1 aliphatic heterocycles. The molecule has 194 valence electrons. The van der Waals surface area contributed by atoms with Crippen LogP contribution < -0.4 is 10.1 Å². The van der Waals surface area contributed by atoms with Crippen LogP contribution >= 0.6 is 0 Å². The van der Waals surface area contributed by atoms with Crippen LogP contribution in [0.5, 0.6) is 5.75 Å².